The molecule has 2 aromatic rings. The number of nitriles is 1. The number of amides is 1. The van der Waals surface area contributed by atoms with Crippen molar-refractivity contribution in [3.05, 3.63) is 65.7 Å². The zero-order valence-corrected chi connectivity index (χ0v) is 14.6. The number of hydrogen-bond acceptors (Lipinski definition) is 6. The Morgan fingerprint density at radius 2 is 1.70 bits per heavy atom. The van der Waals surface area contributed by atoms with Gasteiger partial charge in [0.05, 0.1) is 13.2 Å². The highest BCUT2D eigenvalue weighted by Gasteiger charge is 2.20. The molecule has 0 radical (unpaired) electrons. The third-order valence-corrected chi connectivity index (χ3v) is 3.95. The number of para-hydroxylation sites is 1. The number of carbonyl (C=O) groups is 1. The largest absolute Gasteiger partial charge is 0.506 e. The van der Waals surface area contributed by atoms with Gasteiger partial charge in [0, 0.05) is 18.7 Å². The number of hydrogen-bond donors (Lipinski definition) is 2. The van der Waals surface area contributed by atoms with Gasteiger partial charge in [0.25, 0.3) is 5.91 Å². The lowest BCUT2D eigenvalue weighted by Gasteiger charge is -2.26. The highest BCUT2D eigenvalue weighted by atomic mass is 16.5. The predicted molar refractivity (Wildman–Crippen MR) is 98.7 cm³/mol. The summed E-state index contributed by atoms with van der Waals surface area (Å²) in [5, 5.41) is 21.3. The fourth-order valence-electron chi connectivity index (χ4n) is 2.54. The Labute approximate surface area is 157 Å². The molecule has 1 amide bonds. The summed E-state index contributed by atoms with van der Waals surface area (Å²) in [6, 6.07) is 17.6. The van der Waals surface area contributed by atoms with Gasteiger partial charge < -0.3 is 14.6 Å². The molecular weight excluding hydrogens is 346 g/mol. The number of carbonyl (C=O) groups excluding carboxylic acids is 1. The zero-order valence-electron chi connectivity index (χ0n) is 14.6. The second-order valence-corrected chi connectivity index (χ2v) is 5.82. The summed E-state index contributed by atoms with van der Waals surface area (Å²) in [4.78, 5) is 12.3. The van der Waals surface area contributed by atoms with E-state index in [0.29, 0.717) is 43.4 Å². The molecule has 1 heterocycles. The average molecular weight is 365 g/mol. The molecule has 7 heteroatoms. The first-order valence-corrected chi connectivity index (χ1v) is 8.48. The molecule has 0 saturated carbocycles. The first-order chi connectivity index (χ1) is 13.2. The van der Waals surface area contributed by atoms with Crippen molar-refractivity contribution in [1.82, 2.24) is 10.4 Å². The maximum Gasteiger partial charge on any atom is 0.280 e. The van der Waals surface area contributed by atoms with E-state index in [-0.39, 0.29) is 11.3 Å². The first kappa shape index (κ1) is 18.5. The molecule has 27 heavy (non-hydrogen) atoms. The zero-order chi connectivity index (χ0) is 19.1. The molecule has 138 valence electrons. The highest BCUT2D eigenvalue weighted by Crippen LogP contribution is 2.24. The van der Waals surface area contributed by atoms with Crippen molar-refractivity contribution in [2.45, 2.75) is 0 Å². The number of ether oxygens (including phenoxy) is 2. The molecule has 1 saturated heterocycles. The molecule has 1 aliphatic heterocycles. The van der Waals surface area contributed by atoms with Gasteiger partial charge in [-0.1, -0.05) is 18.2 Å². The predicted octanol–water partition coefficient (Wildman–Crippen LogP) is 2.63. The Bertz CT molecular complexity index is 851. The molecule has 1 aliphatic rings. The van der Waals surface area contributed by atoms with E-state index < -0.39 is 5.91 Å². The SMILES string of the molecule is N#CC(C(=O)NN1CCOCC1)=C(O)c1ccc(Oc2ccccc2)cc1. The summed E-state index contributed by atoms with van der Waals surface area (Å²) >= 11 is 0. The Morgan fingerprint density at radius 1 is 1.07 bits per heavy atom. The number of benzene rings is 2. The average Bonchev–Trinajstić information content (AvgIpc) is 2.70. The minimum Gasteiger partial charge on any atom is -0.506 e. The van der Waals surface area contributed by atoms with Crippen LogP contribution < -0.4 is 10.2 Å². The van der Waals surface area contributed by atoms with E-state index in [9.17, 15) is 15.2 Å². The van der Waals surface area contributed by atoms with E-state index >= 15 is 0 Å². The summed E-state index contributed by atoms with van der Waals surface area (Å²) < 4.78 is 10.9. The fraction of sp³-hybridized carbons (Fsp3) is 0.200. The maximum absolute atomic E-state index is 12.3. The molecule has 0 spiro atoms. The molecule has 7 nitrogen and oxygen atoms in total. The minimum atomic E-state index is -0.651. The molecule has 0 bridgehead atoms. The van der Waals surface area contributed by atoms with Crippen LogP contribution in [0.1, 0.15) is 5.56 Å². The summed E-state index contributed by atoms with van der Waals surface area (Å²) in [5.74, 6) is 0.234. The van der Waals surface area contributed by atoms with Gasteiger partial charge in [0.2, 0.25) is 0 Å². The third kappa shape index (κ3) is 4.85. The van der Waals surface area contributed by atoms with Crippen LogP contribution in [0.15, 0.2) is 60.2 Å². The monoisotopic (exact) mass is 365 g/mol. The molecule has 0 aromatic heterocycles. The normalized spacial score (nSPS) is 15.4. The highest BCUT2D eigenvalue weighted by molar-refractivity contribution is 6.03. The van der Waals surface area contributed by atoms with Gasteiger partial charge in [-0.15, -0.1) is 0 Å². The molecule has 3 rings (SSSR count). The summed E-state index contributed by atoms with van der Waals surface area (Å²) in [5.41, 5.74) is 2.62. The molecule has 0 unspecified atom stereocenters. The lowest BCUT2D eigenvalue weighted by molar-refractivity contribution is -0.123. The van der Waals surface area contributed by atoms with Gasteiger partial charge in [0.15, 0.2) is 5.57 Å². The van der Waals surface area contributed by atoms with Crippen molar-refractivity contribution in [1.29, 1.82) is 5.26 Å². The van der Waals surface area contributed by atoms with Crippen LogP contribution in [0.2, 0.25) is 0 Å². The lowest BCUT2D eigenvalue weighted by Crippen LogP contribution is -2.48. The summed E-state index contributed by atoms with van der Waals surface area (Å²) in [6.07, 6.45) is 0. The van der Waals surface area contributed by atoms with Crippen molar-refractivity contribution in [3.8, 4) is 17.6 Å². The maximum atomic E-state index is 12.3. The van der Waals surface area contributed by atoms with E-state index in [1.807, 2.05) is 30.3 Å². The second kappa shape index (κ2) is 8.85. The smallest absolute Gasteiger partial charge is 0.280 e. The van der Waals surface area contributed by atoms with Gasteiger partial charge in [-0.05, 0) is 36.4 Å². The minimum absolute atomic E-state index is 0.349. The van der Waals surface area contributed by atoms with Crippen LogP contribution in [0.3, 0.4) is 0 Å². The van der Waals surface area contributed by atoms with Gasteiger partial charge in [-0.25, -0.2) is 5.01 Å². The van der Waals surface area contributed by atoms with E-state index in [2.05, 4.69) is 5.43 Å². The van der Waals surface area contributed by atoms with Crippen LogP contribution in [0, 0.1) is 11.3 Å². The molecular formula is C20H19N3O4. The first-order valence-electron chi connectivity index (χ1n) is 8.48. The van der Waals surface area contributed by atoms with Crippen LogP contribution in [-0.2, 0) is 9.53 Å². The van der Waals surface area contributed by atoms with Crippen LogP contribution in [-0.4, -0.2) is 42.3 Å². The molecule has 1 fully saturated rings. The Hall–Kier alpha value is -3.34. The van der Waals surface area contributed by atoms with Gasteiger partial charge in [-0.3, -0.25) is 10.2 Å². The van der Waals surface area contributed by atoms with E-state index in [4.69, 9.17) is 9.47 Å². The van der Waals surface area contributed by atoms with Gasteiger partial charge in [0.1, 0.15) is 23.3 Å². The standard InChI is InChI=1S/C20H19N3O4/c21-14-18(20(25)22-23-10-12-26-13-11-23)19(24)15-6-8-17(9-7-15)27-16-4-2-1-3-5-16/h1-9,24H,10-13H2,(H,22,25). The van der Waals surface area contributed by atoms with Crippen molar-refractivity contribution in [2.75, 3.05) is 26.3 Å². The Kier molecular flexibility index (Phi) is 6.05. The lowest BCUT2D eigenvalue weighted by atomic mass is 10.1. The van der Waals surface area contributed by atoms with E-state index in [1.54, 1.807) is 35.3 Å². The number of hydrazine groups is 1. The number of nitrogens with one attached hydrogen (secondary N) is 1. The Morgan fingerprint density at radius 3 is 2.33 bits per heavy atom. The molecule has 0 aliphatic carbocycles. The number of aliphatic hydroxyl groups is 1. The molecule has 2 N–H and O–H groups in total. The summed E-state index contributed by atoms with van der Waals surface area (Å²) in [7, 11) is 0. The number of nitrogens with zero attached hydrogens (tertiary/aromatic N) is 2. The Balaban J connectivity index is 1.72. The molecule has 2 aromatic carbocycles. The van der Waals surface area contributed by atoms with Crippen LogP contribution in [0.5, 0.6) is 11.5 Å². The topological polar surface area (TPSA) is 94.8 Å². The van der Waals surface area contributed by atoms with Crippen LogP contribution in [0.25, 0.3) is 5.76 Å². The number of aliphatic hydroxyl groups excluding tert-OH is 1. The van der Waals surface area contributed by atoms with Crippen LogP contribution >= 0.6 is 0 Å². The number of morpholine rings is 1. The van der Waals surface area contributed by atoms with Crippen molar-refractivity contribution in [3.63, 3.8) is 0 Å². The number of rotatable bonds is 5. The van der Waals surface area contributed by atoms with Crippen LogP contribution in [0.4, 0.5) is 0 Å². The van der Waals surface area contributed by atoms with E-state index in [0.717, 1.165) is 0 Å². The summed E-state index contributed by atoms with van der Waals surface area (Å²) in [6.45, 7) is 2.05. The quantitative estimate of drug-likeness (QED) is 0.480. The van der Waals surface area contributed by atoms with Gasteiger partial charge in [-0.2, -0.15) is 5.26 Å². The molecule has 0 atom stereocenters. The van der Waals surface area contributed by atoms with Crippen molar-refractivity contribution >= 4 is 11.7 Å². The van der Waals surface area contributed by atoms with Crippen molar-refractivity contribution < 1.29 is 19.4 Å². The fourth-order valence-corrected chi connectivity index (χ4v) is 2.54. The van der Waals surface area contributed by atoms with Crippen molar-refractivity contribution in [2.24, 2.45) is 0 Å². The third-order valence-electron chi connectivity index (χ3n) is 3.95. The van der Waals surface area contributed by atoms with Gasteiger partial charge >= 0.3 is 0 Å². The second-order valence-electron chi connectivity index (χ2n) is 5.82. The van der Waals surface area contributed by atoms with E-state index in [1.165, 1.54) is 0 Å².